The lowest BCUT2D eigenvalue weighted by Crippen LogP contribution is -2.49. The number of methoxy groups -OCH3 is 1. The molecule has 0 saturated carbocycles. The van der Waals surface area contributed by atoms with Gasteiger partial charge in [0, 0.05) is 45.8 Å². The lowest BCUT2D eigenvalue weighted by atomic mass is 10.0. The van der Waals surface area contributed by atoms with Crippen molar-refractivity contribution in [1.82, 2.24) is 15.1 Å². The summed E-state index contributed by atoms with van der Waals surface area (Å²) in [4.78, 5) is 40.8. The molecule has 0 bridgehead atoms. The Morgan fingerprint density at radius 2 is 1.87 bits per heavy atom. The number of likely N-dealkylation sites (tertiary alicyclic amines) is 2. The molecule has 1 unspecified atom stereocenters. The van der Waals surface area contributed by atoms with Gasteiger partial charge in [0.1, 0.15) is 6.61 Å². The van der Waals surface area contributed by atoms with Gasteiger partial charge in [-0.05, 0) is 18.4 Å². The first-order valence-electron chi connectivity index (χ1n) is 10.5. The molecule has 2 fully saturated rings. The second-order valence-electron chi connectivity index (χ2n) is 7.87. The topological polar surface area (TPSA) is 88.2 Å². The molecule has 1 aromatic carbocycles. The van der Waals surface area contributed by atoms with Crippen LogP contribution in [0.5, 0.6) is 0 Å². The maximum atomic E-state index is 12.9. The molecule has 0 aliphatic carbocycles. The van der Waals surface area contributed by atoms with Gasteiger partial charge in [-0.1, -0.05) is 30.3 Å². The van der Waals surface area contributed by atoms with Gasteiger partial charge in [-0.25, -0.2) is 0 Å². The Bertz CT molecular complexity index is 719. The van der Waals surface area contributed by atoms with Crippen molar-refractivity contribution >= 4 is 17.7 Å². The Morgan fingerprint density at radius 1 is 1.13 bits per heavy atom. The Morgan fingerprint density at radius 3 is 2.57 bits per heavy atom. The summed E-state index contributed by atoms with van der Waals surface area (Å²) in [5.41, 5.74) is 1.07. The van der Waals surface area contributed by atoms with Crippen LogP contribution >= 0.6 is 0 Å². The maximum Gasteiger partial charge on any atom is 0.246 e. The molecule has 1 N–H and O–H groups in total. The van der Waals surface area contributed by atoms with Crippen molar-refractivity contribution < 1.29 is 23.9 Å². The van der Waals surface area contributed by atoms with Gasteiger partial charge in [-0.15, -0.1) is 0 Å². The molecule has 0 spiro atoms. The molecule has 2 aliphatic rings. The lowest BCUT2D eigenvalue weighted by molar-refractivity contribution is -0.137. The summed E-state index contributed by atoms with van der Waals surface area (Å²) < 4.78 is 10.1. The van der Waals surface area contributed by atoms with Crippen LogP contribution in [0.15, 0.2) is 30.3 Å². The average Bonchev–Trinajstić information content (AvgIpc) is 3.12. The van der Waals surface area contributed by atoms with Gasteiger partial charge in [-0.2, -0.15) is 0 Å². The summed E-state index contributed by atoms with van der Waals surface area (Å²) in [7, 11) is 1.58. The predicted molar refractivity (Wildman–Crippen MR) is 110 cm³/mol. The number of piperidine rings is 1. The van der Waals surface area contributed by atoms with Crippen molar-refractivity contribution in [1.29, 1.82) is 0 Å². The molecular formula is C22H31N3O5. The molecule has 2 aliphatic heterocycles. The van der Waals surface area contributed by atoms with E-state index in [0.717, 1.165) is 5.56 Å². The average molecular weight is 418 g/mol. The number of nitrogens with one attached hydrogen (secondary N) is 1. The van der Waals surface area contributed by atoms with Gasteiger partial charge >= 0.3 is 0 Å². The largest absolute Gasteiger partial charge is 0.382 e. The van der Waals surface area contributed by atoms with Gasteiger partial charge in [-0.3, -0.25) is 14.4 Å². The van der Waals surface area contributed by atoms with E-state index in [9.17, 15) is 14.4 Å². The Labute approximate surface area is 177 Å². The summed E-state index contributed by atoms with van der Waals surface area (Å²) in [6, 6.07) is 9.88. The van der Waals surface area contributed by atoms with Gasteiger partial charge in [0.2, 0.25) is 17.7 Å². The van der Waals surface area contributed by atoms with E-state index < -0.39 is 0 Å². The summed E-state index contributed by atoms with van der Waals surface area (Å²) in [5, 5.41) is 2.96. The number of hydrogen-bond donors (Lipinski definition) is 1. The van der Waals surface area contributed by atoms with Crippen LogP contribution in [0.4, 0.5) is 0 Å². The highest BCUT2D eigenvalue weighted by molar-refractivity contribution is 5.89. The van der Waals surface area contributed by atoms with E-state index in [1.807, 2.05) is 35.2 Å². The van der Waals surface area contributed by atoms with Crippen molar-refractivity contribution in [3.8, 4) is 0 Å². The van der Waals surface area contributed by atoms with Crippen LogP contribution in [0.25, 0.3) is 0 Å². The Balaban J connectivity index is 1.40. The first-order chi connectivity index (χ1) is 14.6. The highest BCUT2D eigenvalue weighted by atomic mass is 16.5. The molecule has 1 aromatic rings. The molecule has 8 nitrogen and oxygen atoms in total. The van der Waals surface area contributed by atoms with E-state index in [2.05, 4.69) is 5.32 Å². The Kier molecular flexibility index (Phi) is 8.21. The predicted octanol–water partition coefficient (Wildman–Crippen LogP) is 0.805. The molecule has 8 heteroatoms. The number of carbonyl (C=O) groups excluding carboxylic acids is 3. The fourth-order valence-corrected chi connectivity index (χ4v) is 3.97. The third kappa shape index (κ3) is 6.27. The zero-order valence-electron chi connectivity index (χ0n) is 17.5. The Hall–Kier alpha value is -2.45. The lowest BCUT2D eigenvalue weighted by Gasteiger charge is -2.33. The molecule has 0 radical (unpaired) electrons. The number of rotatable bonds is 9. The molecule has 164 valence electrons. The third-order valence-corrected chi connectivity index (χ3v) is 5.62. The number of nitrogens with zero attached hydrogens (tertiary/aromatic N) is 2. The van der Waals surface area contributed by atoms with Crippen LogP contribution in [0.1, 0.15) is 24.8 Å². The molecule has 1 atom stereocenters. The minimum atomic E-state index is -0.276. The van der Waals surface area contributed by atoms with E-state index >= 15 is 0 Å². The summed E-state index contributed by atoms with van der Waals surface area (Å²) in [6.07, 6.45) is 1.70. The van der Waals surface area contributed by atoms with Crippen LogP contribution in [0.2, 0.25) is 0 Å². The second-order valence-corrected chi connectivity index (χ2v) is 7.87. The third-order valence-electron chi connectivity index (χ3n) is 5.62. The van der Waals surface area contributed by atoms with Crippen LogP contribution in [-0.2, 0) is 30.4 Å². The van der Waals surface area contributed by atoms with E-state index in [0.29, 0.717) is 52.2 Å². The van der Waals surface area contributed by atoms with Crippen LogP contribution in [0.3, 0.4) is 0 Å². The van der Waals surface area contributed by atoms with Crippen LogP contribution in [-0.4, -0.2) is 80.1 Å². The van der Waals surface area contributed by atoms with Gasteiger partial charge in [0.15, 0.2) is 0 Å². The van der Waals surface area contributed by atoms with E-state index in [1.54, 1.807) is 12.0 Å². The zero-order chi connectivity index (χ0) is 21.3. The standard InChI is InChI=1S/C22H31N3O5/c1-29-11-12-30-16-20(26)23-19-7-9-24(10-8-19)22(28)18-13-21(27)25(15-18)14-17-5-3-2-4-6-17/h2-6,18-19H,7-16H2,1H3,(H,23,26). The molecule has 2 heterocycles. The number of benzene rings is 1. The van der Waals surface area contributed by atoms with Gasteiger partial charge < -0.3 is 24.6 Å². The van der Waals surface area contributed by atoms with Gasteiger partial charge in [0.25, 0.3) is 0 Å². The molecule has 3 amide bonds. The molecule has 0 aromatic heterocycles. The monoisotopic (exact) mass is 417 g/mol. The normalized spacial score (nSPS) is 19.9. The molecular weight excluding hydrogens is 386 g/mol. The first-order valence-corrected chi connectivity index (χ1v) is 10.5. The van der Waals surface area contributed by atoms with Gasteiger partial charge in [0.05, 0.1) is 19.1 Å². The highest BCUT2D eigenvalue weighted by Gasteiger charge is 2.37. The van der Waals surface area contributed by atoms with E-state index in [-0.39, 0.29) is 42.7 Å². The fourth-order valence-electron chi connectivity index (χ4n) is 3.97. The van der Waals surface area contributed by atoms with E-state index in [1.165, 1.54) is 0 Å². The van der Waals surface area contributed by atoms with Crippen LogP contribution < -0.4 is 5.32 Å². The second kappa shape index (κ2) is 11.1. The van der Waals surface area contributed by atoms with Crippen molar-refractivity contribution in [3.05, 3.63) is 35.9 Å². The number of ether oxygens (including phenoxy) is 2. The minimum absolute atomic E-state index is 0.0178. The smallest absolute Gasteiger partial charge is 0.246 e. The van der Waals surface area contributed by atoms with E-state index in [4.69, 9.17) is 9.47 Å². The van der Waals surface area contributed by atoms with Crippen molar-refractivity contribution in [2.45, 2.75) is 31.8 Å². The fraction of sp³-hybridized carbons (Fsp3) is 0.591. The number of hydrogen-bond acceptors (Lipinski definition) is 5. The zero-order valence-corrected chi connectivity index (χ0v) is 17.5. The SMILES string of the molecule is COCCOCC(=O)NC1CCN(C(=O)C2CC(=O)N(Cc3ccccc3)C2)CC1. The van der Waals surface area contributed by atoms with Crippen molar-refractivity contribution in [3.63, 3.8) is 0 Å². The molecule has 3 rings (SSSR count). The van der Waals surface area contributed by atoms with Crippen LogP contribution in [0, 0.1) is 5.92 Å². The summed E-state index contributed by atoms with van der Waals surface area (Å²) in [6.45, 7) is 3.07. The summed E-state index contributed by atoms with van der Waals surface area (Å²) >= 11 is 0. The van der Waals surface area contributed by atoms with Crippen molar-refractivity contribution in [2.75, 3.05) is 46.6 Å². The maximum absolute atomic E-state index is 12.9. The quantitative estimate of drug-likeness (QED) is 0.601. The molecule has 2 saturated heterocycles. The minimum Gasteiger partial charge on any atom is -0.382 e. The number of carbonyl (C=O) groups is 3. The first kappa shape index (κ1) is 22.2. The number of amides is 3. The van der Waals surface area contributed by atoms with Crippen molar-refractivity contribution in [2.24, 2.45) is 5.92 Å². The summed E-state index contributed by atoms with van der Waals surface area (Å²) in [5.74, 6) is -0.338. The molecule has 30 heavy (non-hydrogen) atoms. The highest BCUT2D eigenvalue weighted by Crippen LogP contribution is 2.24.